The molecule has 104 valence electrons. The molecule has 0 spiro atoms. The van der Waals surface area contributed by atoms with E-state index < -0.39 is 5.97 Å². The molecule has 0 radical (unpaired) electrons. The van der Waals surface area contributed by atoms with Crippen molar-refractivity contribution in [2.75, 3.05) is 25.6 Å². The minimum Gasteiger partial charge on any atom is -0.465 e. The molecule has 1 atom stereocenters. The molecular weight excluding hydrogens is 246 g/mol. The summed E-state index contributed by atoms with van der Waals surface area (Å²) in [6.07, 6.45) is 4.99. The van der Waals surface area contributed by atoms with Gasteiger partial charge in [-0.2, -0.15) is 0 Å². The second-order valence-electron chi connectivity index (χ2n) is 4.54. The lowest BCUT2D eigenvalue weighted by molar-refractivity contribution is 0.0246. The van der Waals surface area contributed by atoms with Crippen LogP contribution in [0.4, 0.5) is 5.82 Å². The van der Waals surface area contributed by atoms with Gasteiger partial charge in [-0.15, -0.1) is 0 Å². The third-order valence-electron chi connectivity index (χ3n) is 3.09. The van der Waals surface area contributed by atoms with Crippen molar-refractivity contribution < 1.29 is 14.3 Å². The SMILES string of the molecule is COC(=O)c1cnc(C)nc1NCC1CCCCO1. The highest BCUT2D eigenvalue weighted by molar-refractivity contribution is 5.94. The van der Waals surface area contributed by atoms with E-state index in [4.69, 9.17) is 9.47 Å². The van der Waals surface area contributed by atoms with Crippen LogP contribution in [0.1, 0.15) is 35.4 Å². The van der Waals surface area contributed by atoms with E-state index in [2.05, 4.69) is 15.3 Å². The predicted octanol–water partition coefficient (Wildman–Crippen LogP) is 1.55. The number of hydrogen-bond donors (Lipinski definition) is 1. The fourth-order valence-corrected chi connectivity index (χ4v) is 2.04. The zero-order valence-corrected chi connectivity index (χ0v) is 11.3. The molecule has 2 rings (SSSR count). The molecule has 1 fully saturated rings. The zero-order chi connectivity index (χ0) is 13.7. The van der Waals surface area contributed by atoms with Gasteiger partial charge >= 0.3 is 5.97 Å². The average Bonchev–Trinajstić information content (AvgIpc) is 2.45. The molecule has 19 heavy (non-hydrogen) atoms. The highest BCUT2D eigenvalue weighted by Gasteiger charge is 2.17. The highest BCUT2D eigenvalue weighted by Crippen LogP contribution is 2.16. The van der Waals surface area contributed by atoms with Crippen molar-refractivity contribution in [3.05, 3.63) is 17.6 Å². The second-order valence-corrected chi connectivity index (χ2v) is 4.54. The molecule has 1 N–H and O–H groups in total. The van der Waals surface area contributed by atoms with Crippen molar-refractivity contribution in [3.63, 3.8) is 0 Å². The fourth-order valence-electron chi connectivity index (χ4n) is 2.04. The van der Waals surface area contributed by atoms with E-state index in [1.165, 1.54) is 19.7 Å². The molecule has 1 aliphatic heterocycles. The average molecular weight is 265 g/mol. The van der Waals surface area contributed by atoms with Gasteiger partial charge in [0.15, 0.2) is 0 Å². The first-order valence-corrected chi connectivity index (χ1v) is 6.48. The Bertz CT molecular complexity index is 445. The Labute approximate surface area is 112 Å². The van der Waals surface area contributed by atoms with Crippen molar-refractivity contribution in [2.45, 2.75) is 32.3 Å². The van der Waals surface area contributed by atoms with Crippen LogP contribution in [0.5, 0.6) is 0 Å². The molecule has 0 saturated carbocycles. The summed E-state index contributed by atoms with van der Waals surface area (Å²) in [7, 11) is 1.34. The van der Waals surface area contributed by atoms with Crippen LogP contribution in [0, 0.1) is 6.92 Å². The zero-order valence-electron chi connectivity index (χ0n) is 11.3. The summed E-state index contributed by atoms with van der Waals surface area (Å²) in [5.41, 5.74) is 0.351. The topological polar surface area (TPSA) is 73.3 Å². The molecule has 2 heterocycles. The molecule has 1 aromatic rings. The van der Waals surface area contributed by atoms with Gasteiger partial charge < -0.3 is 14.8 Å². The summed E-state index contributed by atoms with van der Waals surface area (Å²) in [6, 6.07) is 0. The largest absolute Gasteiger partial charge is 0.465 e. The number of nitrogens with one attached hydrogen (secondary N) is 1. The lowest BCUT2D eigenvalue weighted by Crippen LogP contribution is -2.28. The summed E-state index contributed by atoms with van der Waals surface area (Å²) in [6.45, 7) is 3.23. The number of aromatic nitrogens is 2. The molecule has 6 nitrogen and oxygen atoms in total. The van der Waals surface area contributed by atoms with E-state index >= 15 is 0 Å². The number of hydrogen-bond acceptors (Lipinski definition) is 6. The first-order valence-electron chi connectivity index (χ1n) is 6.48. The molecule has 0 aromatic carbocycles. The van der Waals surface area contributed by atoms with Crippen LogP contribution >= 0.6 is 0 Å². The van der Waals surface area contributed by atoms with Crippen LogP contribution in [0.15, 0.2) is 6.20 Å². The van der Waals surface area contributed by atoms with Crippen LogP contribution in [-0.4, -0.2) is 42.3 Å². The molecule has 6 heteroatoms. The van der Waals surface area contributed by atoms with Gasteiger partial charge in [0.2, 0.25) is 0 Å². The summed E-state index contributed by atoms with van der Waals surface area (Å²) >= 11 is 0. The smallest absolute Gasteiger partial charge is 0.343 e. The van der Waals surface area contributed by atoms with Gasteiger partial charge in [0, 0.05) is 19.3 Å². The van der Waals surface area contributed by atoms with Crippen molar-refractivity contribution >= 4 is 11.8 Å². The summed E-state index contributed by atoms with van der Waals surface area (Å²) in [4.78, 5) is 19.9. The number of carbonyl (C=O) groups is 1. The molecule has 0 amide bonds. The maximum absolute atomic E-state index is 11.6. The van der Waals surface area contributed by atoms with Crippen molar-refractivity contribution in [1.29, 1.82) is 0 Å². The van der Waals surface area contributed by atoms with Crippen LogP contribution < -0.4 is 5.32 Å². The third kappa shape index (κ3) is 3.64. The predicted molar refractivity (Wildman–Crippen MR) is 70.2 cm³/mol. The number of aryl methyl sites for hydroxylation is 1. The fraction of sp³-hybridized carbons (Fsp3) is 0.615. The molecule has 1 saturated heterocycles. The van der Waals surface area contributed by atoms with E-state index in [1.54, 1.807) is 6.92 Å². The molecular formula is C13H19N3O3. The first-order chi connectivity index (χ1) is 9.20. The van der Waals surface area contributed by atoms with Gasteiger partial charge in [0.25, 0.3) is 0 Å². The van der Waals surface area contributed by atoms with Gasteiger partial charge in [-0.25, -0.2) is 14.8 Å². The third-order valence-corrected chi connectivity index (χ3v) is 3.09. The van der Waals surface area contributed by atoms with Crippen molar-refractivity contribution in [1.82, 2.24) is 9.97 Å². The standard InChI is InChI=1S/C13H19N3O3/c1-9-14-8-11(13(17)18-2)12(16-9)15-7-10-5-3-4-6-19-10/h8,10H,3-7H2,1-2H3,(H,14,15,16). The number of methoxy groups -OCH3 is 1. The van der Waals surface area contributed by atoms with Crippen LogP contribution in [0.25, 0.3) is 0 Å². The number of esters is 1. The maximum Gasteiger partial charge on any atom is 0.343 e. The molecule has 0 bridgehead atoms. The molecule has 1 aliphatic rings. The van der Waals surface area contributed by atoms with Gasteiger partial charge in [0.1, 0.15) is 17.2 Å². The Kier molecular flexibility index (Phi) is 4.68. The van der Waals surface area contributed by atoms with Gasteiger partial charge in [-0.05, 0) is 26.2 Å². The van der Waals surface area contributed by atoms with E-state index in [9.17, 15) is 4.79 Å². The van der Waals surface area contributed by atoms with Gasteiger partial charge in [-0.3, -0.25) is 0 Å². The number of anilines is 1. The quantitative estimate of drug-likeness (QED) is 0.833. The van der Waals surface area contributed by atoms with Gasteiger partial charge in [-0.1, -0.05) is 0 Å². The van der Waals surface area contributed by atoms with E-state index in [1.807, 2.05) is 0 Å². The Morgan fingerprint density at radius 3 is 3.11 bits per heavy atom. The molecule has 1 unspecified atom stereocenters. The molecule has 1 aromatic heterocycles. The van der Waals surface area contributed by atoms with Gasteiger partial charge in [0.05, 0.1) is 13.2 Å². The summed E-state index contributed by atoms with van der Waals surface area (Å²) in [5, 5.41) is 3.16. The Morgan fingerprint density at radius 2 is 2.42 bits per heavy atom. The highest BCUT2D eigenvalue weighted by atomic mass is 16.5. The summed E-state index contributed by atoms with van der Waals surface area (Å²) in [5.74, 6) is 0.681. The van der Waals surface area contributed by atoms with E-state index in [-0.39, 0.29) is 6.10 Å². The van der Waals surface area contributed by atoms with Crippen molar-refractivity contribution in [3.8, 4) is 0 Å². The first kappa shape index (κ1) is 13.7. The number of nitrogens with zero attached hydrogens (tertiary/aromatic N) is 2. The van der Waals surface area contributed by atoms with E-state index in [0.29, 0.717) is 23.8 Å². The second kappa shape index (κ2) is 6.47. The summed E-state index contributed by atoms with van der Waals surface area (Å²) < 4.78 is 10.4. The lowest BCUT2D eigenvalue weighted by Gasteiger charge is -2.23. The normalized spacial score (nSPS) is 18.9. The Morgan fingerprint density at radius 1 is 1.58 bits per heavy atom. The van der Waals surface area contributed by atoms with Crippen LogP contribution in [0.3, 0.4) is 0 Å². The lowest BCUT2D eigenvalue weighted by atomic mass is 10.1. The monoisotopic (exact) mass is 265 g/mol. The maximum atomic E-state index is 11.6. The number of carbonyl (C=O) groups excluding carboxylic acids is 1. The Balaban J connectivity index is 2.05. The molecule has 0 aliphatic carbocycles. The van der Waals surface area contributed by atoms with Crippen LogP contribution in [-0.2, 0) is 9.47 Å². The van der Waals surface area contributed by atoms with Crippen molar-refractivity contribution in [2.24, 2.45) is 0 Å². The Hall–Kier alpha value is -1.69. The number of ether oxygens (including phenoxy) is 2. The number of rotatable bonds is 4. The van der Waals surface area contributed by atoms with Crippen LogP contribution in [0.2, 0.25) is 0 Å². The van der Waals surface area contributed by atoms with E-state index in [0.717, 1.165) is 19.4 Å². The minimum absolute atomic E-state index is 0.175. The minimum atomic E-state index is -0.438.